The number of alkyl halides is 3. The van der Waals surface area contributed by atoms with Crippen LogP contribution in [0.3, 0.4) is 0 Å². The van der Waals surface area contributed by atoms with E-state index in [0.29, 0.717) is 29.9 Å². The number of aromatic nitrogens is 3. The van der Waals surface area contributed by atoms with Crippen molar-refractivity contribution in [3.8, 4) is 34.3 Å². The fourth-order valence-corrected chi connectivity index (χ4v) is 3.24. The van der Waals surface area contributed by atoms with Crippen LogP contribution in [0.15, 0.2) is 36.5 Å². The first-order valence-corrected chi connectivity index (χ1v) is 9.06. The minimum Gasteiger partial charge on any atom is -0.496 e. The van der Waals surface area contributed by atoms with Gasteiger partial charge in [-0.2, -0.15) is 13.2 Å². The molecule has 0 unspecified atom stereocenters. The van der Waals surface area contributed by atoms with Crippen LogP contribution in [0.2, 0.25) is 0 Å². The zero-order chi connectivity index (χ0) is 21.3. The highest BCUT2D eigenvalue weighted by Gasteiger charge is 2.29. The minimum atomic E-state index is -4.49. The summed E-state index contributed by atoms with van der Waals surface area (Å²) in [6.45, 7) is -0.909. The molecule has 30 heavy (non-hydrogen) atoms. The highest BCUT2D eigenvalue weighted by molar-refractivity contribution is 5.97. The van der Waals surface area contributed by atoms with Crippen LogP contribution >= 0.6 is 0 Å². The second-order valence-corrected chi connectivity index (χ2v) is 6.58. The van der Waals surface area contributed by atoms with Gasteiger partial charge in [-0.1, -0.05) is 6.07 Å². The first-order valence-electron chi connectivity index (χ1n) is 9.06. The lowest BCUT2D eigenvalue weighted by atomic mass is 10.1. The molecule has 1 aromatic carbocycles. The van der Waals surface area contributed by atoms with Crippen LogP contribution in [0.5, 0.6) is 11.5 Å². The summed E-state index contributed by atoms with van der Waals surface area (Å²) in [5, 5.41) is 2.77. The number of fused-ring (bicyclic) bond motifs is 1. The van der Waals surface area contributed by atoms with Gasteiger partial charge in [0.25, 0.3) is 5.91 Å². The molecule has 1 amide bonds. The van der Waals surface area contributed by atoms with Crippen LogP contribution in [0.25, 0.3) is 22.8 Å². The lowest BCUT2D eigenvalue weighted by Crippen LogP contribution is -2.31. The van der Waals surface area contributed by atoms with E-state index >= 15 is 0 Å². The Morgan fingerprint density at radius 3 is 2.73 bits per heavy atom. The number of ether oxygens (including phenoxy) is 2. The number of hydrogen-bond acceptors (Lipinski definition) is 5. The van der Waals surface area contributed by atoms with E-state index in [-0.39, 0.29) is 28.8 Å². The summed E-state index contributed by atoms with van der Waals surface area (Å²) in [7, 11) is 1.40. The maximum atomic E-state index is 12.7. The van der Waals surface area contributed by atoms with Gasteiger partial charge in [0.2, 0.25) is 0 Å². The van der Waals surface area contributed by atoms with E-state index < -0.39 is 12.8 Å². The number of benzene rings is 1. The zero-order valence-corrected chi connectivity index (χ0v) is 15.8. The van der Waals surface area contributed by atoms with Crippen molar-refractivity contribution < 1.29 is 27.4 Å². The van der Waals surface area contributed by atoms with E-state index in [1.165, 1.54) is 25.4 Å². The summed E-state index contributed by atoms with van der Waals surface area (Å²) in [4.78, 5) is 23.9. The molecule has 2 aromatic heterocycles. The minimum absolute atomic E-state index is 0.0472. The average molecular weight is 418 g/mol. The molecule has 0 saturated carbocycles. The molecule has 1 aliphatic rings. The second kappa shape index (κ2) is 7.69. The summed E-state index contributed by atoms with van der Waals surface area (Å²) in [6.07, 6.45) is -2.34. The molecule has 3 aromatic rings. The molecule has 7 nitrogen and oxygen atoms in total. The Kier molecular flexibility index (Phi) is 5.06. The molecule has 0 bridgehead atoms. The van der Waals surface area contributed by atoms with Gasteiger partial charge in [0.15, 0.2) is 12.4 Å². The maximum Gasteiger partial charge on any atom is 0.422 e. The van der Waals surface area contributed by atoms with Crippen LogP contribution in [-0.4, -0.2) is 47.3 Å². The summed E-state index contributed by atoms with van der Waals surface area (Å²) in [5.74, 6) is 0.200. The highest BCUT2D eigenvalue weighted by atomic mass is 19.4. The maximum absolute atomic E-state index is 12.7. The van der Waals surface area contributed by atoms with Crippen molar-refractivity contribution in [2.75, 3.05) is 20.3 Å². The lowest BCUT2D eigenvalue weighted by molar-refractivity contribution is -0.153. The molecule has 0 spiro atoms. The molecule has 1 aliphatic heterocycles. The van der Waals surface area contributed by atoms with E-state index in [9.17, 15) is 18.0 Å². The SMILES string of the molecule is COc1cccc(OCC(F)(F)F)c1-c1nccc(-c2cc3c([nH]2)CCNC3=O)n1. The van der Waals surface area contributed by atoms with Gasteiger partial charge in [0.1, 0.15) is 17.1 Å². The van der Waals surface area contributed by atoms with E-state index in [4.69, 9.17) is 9.47 Å². The first kappa shape index (κ1) is 19.7. The van der Waals surface area contributed by atoms with Gasteiger partial charge in [-0.05, 0) is 24.3 Å². The van der Waals surface area contributed by atoms with Crippen LogP contribution in [0.4, 0.5) is 13.2 Å². The number of halogens is 3. The third-order valence-electron chi connectivity index (χ3n) is 4.56. The third-order valence-corrected chi connectivity index (χ3v) is 4.56. The molecule has 2 N–H and O–H groups in total. The van der Waals surface area contributed by atoms with Gasteiger partial charge in [0.05, 0.1) is 24.1 Å². The van der Waals surface area contributed by atoms with Crippen LogP contribution in [0.1, 0.15) is 16.1 Å². The normalized spacial score (nSPS) is 13.5. The van der Waals surface area contributed by atoms with Gasteiger partial charge in [-0.15, -0.1) is 0 Å². The Hall–Kier alpha value is -3.56. The zero-order valence-electron chi connectivity index (χ0n) is 15.8. The number of methoxy groups -OCH3 is 1. The Balaban J connectivity index is 1.75. The standard InChI is InChI=1S/C20H17F3N4O3/c1-29-15-3-2-4-16(30-10-20(21,22)23)17(15)18-24-7-6-13(27-18)14-9-11-12(26-14)5-8-25-19(11)28/h2-4,6-7,9,26H,5,8,10H2,1H3,(H,25,28). The van der Waals surface area contributed by atoms with Gasteiger partial charge >= 0.3 is 6.18 Å². The lowest BCUT2D eigenvalue weighted by Gasteiger charge is -2.15. The number of aromatic amines is 1. The summed E-state index contributed by atoms with van der Waals surface area (Å²) in [5.41, 5.74) is 2.65. The Morgan fingerprint density at radius 2 is 2.00 bits per heavy atom. The molecule has 3 heterocycles. The number of carbonyl (C=O) groups is 1. The molecule has 0 radical (unpaired) electrons. The van der Waals surface area contributed by atoms with Crippen molar-refractivity contribution >= 4 is 5.91 Å². The number of hydrogen-bond donors (Lipinski definition) is 2. The molecular weight excluding hydrogens is 401 g/mol. The summed E-state index contributed by atoms with van der Waals surface area (Å²) < 4.78 is 48.3. The topological polar surface area (TPSA) is 89.1 Å². The van der Waals surface area contributed by atoms with Crippen molar-refractivity contribution in [1.82, 2.24) is 20.3 Å². The highest BCUT2D eigenvalue weighted by Crippen LogP contribution is 2.37. The molecule has 0 atom stereocenters. The number of rotatable bonds is 5. The first-order chi connectivity index (χ1) is 14.4. The predicted octanol–water partition coefficient (Wildman–Crippen LogP) is 3.37. The third kappa shape index (κ3) is 3.93. The summed E-state index contributed by atoms with van der Waals surface area (Å²) in [6, 6.07) is 7.85. The molecular formula is C20H17F3N4O3. The smallest absolute Gasteiger partial charge is 0.422 e. The van der Waals surface area contributed by atoms with Crippen LogP contribution in [0, 0.1) is 0 Å². The summed E-state index contributed by atoms with van der Waals surface area (Å²) >= 11 is 0. The van der Waals surface area contributed by atoms with Crippen LogP contribution < -0.4 is 14.8 Å². The van der Waals surface area contributed by atoms with E-state index in [0.717, 1.165) is 5.69 Å². The van der Waals surface area contributed by atoms with Crippen molar-refractivity contribution in [1.29, 1.82) is 0 Å². The van der Waals surface area contributed by atoms with Gasteiger partial charge in [0, 0.05) is 24.9 Å². The number of amides is 1. The number of carbonyl (C=O) groups excluding carboxylic acids is 1. The van der Waals surface area contributed by atoms with Gasteiger partial charge < -0.3 is 19.8 Å². The molecule has 0 aliphatic carbocycles. The average Bonchev–Trinajstić information content (AvgIpc) is 3.17. The molecule has 10 heteroatoms. The Morgan fingerprint density at radius 1 is 1.20 bits per heavy atom. The van der Waals surface area contributed by atoms with E-state index in [2.05, 4.69) is 20.3 Å². The van der Waals surface area contributed by atoms with Gasteiger partial charge in [-0.25, -0.2) is 9.97 Å². The predicted molar refractivity (Wildman–Crippen MR) is 101 cm³/mol. The Labute approximate surface area is 169 Å². The van der Waals surface area contributed by atoms with Crippen LogP contribution in [-0.2, 0) is 6.42 Å². The quantitative estimate of drug-likeness (QED) is 0.663. The largest absolute Gasteiger partial charge is 0.496 e. The molecule has 4 rings (SSSR count). The molecule has 0 saturated heterocycles. The fraction of sp³-hybridized carbons (Fsp3) is 0.250. The van der Waals surface area contributed by atoms with Crippen molar-refractivity contribution in [2.45, 2.75) is 12.6 Å². The van der Waals surface area contributed by atoms with Crippen molar-refractivity contribution in [2.24, 2.45) is 0 Å². The fourth-order valence-electron chi connectivity index (χ4n) is 3.24. The monoisotopic (exact) mass is 418 g/mol. The molecule has 156 valence electrons. The molecule has 0 fully saturated rings. The number of H-pyrrole nitrogens is 1. The van der Waals surface area contributed by atoms with E-state index in [1.807, 2.05) is 0 Å². The van der Waals surface area contributed by atoms with Crippen molar-refractivity contribution in [3.63, 3.8) is 0 Å². The second-order valence-electron chi connectivity index (χ2n) is 6.58. The Bertz CT molecular complexity index is 1100. The number of nitrogens with zero attached hydrogens (tertiary/aromatic N) is 2. The van der Waals surface area contributed by atoms with E-state index in [1.54, 1.807) is 18.2 Å². The number of nitrogens with one attached hydrogen (secondary N) is 2. The van der Waals surface area contributed by atoms with Crippen molar-refractivity contribution in [3.05, 3.63) is 47.8 Å². The van der Waals surface area contributed by atoms with Gasteiger partial charge in [-0.3, -0.25) is 4.79 Å².